The zero-order valence-electron chi connectivity index (χ0n) is 9.82. The van der Waals surface area contributed by atoms with Crippen LogP contribution in [-0.4, -0.2) is 21.3 Å². The predicted octanol–water partition coefficient (Wildman–Crippen LogP) is 2.40. The Hall–Kier alpha value is -1.46. The van der Waals surface area contributed by atoms with E-state index in [1.807, 2.05) is 11.5 Å². The molecule has 4 nitrogen and oxygen atoms in total. The number of aromatic nitrogens is 3. The number of fused-ring (bicyclic) bond motifs is 1. The number of nitrogens with one attached hydrogen (secondary N) is 1. The van der Waals surface area contributed by atoms with Gasteiger partial charge in [0.05, 0.1) is 11.1 Å². The van der Waals surface area contributed by atoms with E-state index in [4.69, 9.17) is 11.6 Å². The maximum atomic E-state index is 13.1. The Balaban J connectivity index is 2.12. The fourth-order valence-corrected chi connectivity index (χ4v) is 2.46. The van der Waals surface area contributed by atoms with Gasteiger partial charge >= 0.3 is 0 Å². The lowest BCUT2D eigenvalue weighted by Crippen LogP contribution is -2.32. The highest BCUT2D eigenvalue weighted by atomic mass is 35.5. The summed E-state index contributed by atoms with van der Waals surface area (Å²) in [7, 11) is 0. The number of halogens is 2. The van der Waals surface area contributed by atoms with Gasteiger partial charge in [-0.25, -0.2) is 4.39 Å². The molecule has 18 heavy (non-hydrogen) atoms. The van der Waals surface area contributed by atoms with Gasteiger partial charge in [-0.05, 0) is 25.1 Å². The van der Waals surface area contributed by atoms with Crippen LogP contribution in [0.4, 0.5) is 4.39 Å². The van der Waals surface area contributed by atoms with Crippen LogP contribution in [0.2, 0.25) is 5.02 Å². The molecular weight excluding hydrogens is 255 g/mol. The Morgan fingerprint density at radius 2 is 2.28 bits per heavy atom. The van der Waals surface area contributed by atoms with Gasteiger partial charge in [0.2, 0.25) is 0 Å². The summed E-state index contributed by atoms with van der Waals surface area (Å²) in [5.41, 5.74) is 0.714. The minimum absolute atomic E-state index is 0.166. The monoisotopic (exact) mass is 266 g/mol. The molecule has 1 N–H and O–H groups in total. The number of benzene rings is 1. The first-order valence-corrected chi connectivity index (χ1v) is 6.16. The van der Waals surface area contributed by atoms with Gasteiger partial charge in [0.1, 0.15) is 11.6 Å². The van der Waals surface area contributed by atoms with E-state index in [2.05, 4.69) is 15.5 Å². The molecule has 1 aliphatic heterocycles. The van der Waals surface area contributed by atoms with E-state index >= 15 is 0 Å². The van der Waals surface area contributed by atoms with Crippen LogP contribution in [0.25, 0.3) is 11.4 Å². The molecule has 0 spiro atoms. The molecule has 94 valence electrons. The lowest BCUT2D eigenvalue weighted by Gasteiger charge is -2.22. The summed E-state index contributed by atoms with van der Waals surface area (Å²) in [4.78, 5) is 0. The van der Waals surface area contributed by atoms with E-state index in [0.717, 1.165) is 18.9 Å². The Morgan fingerprint density at radius 3 is 3.06 bits per heavy atom. The highest BCUT2D eigenvalue weighted by Crippen LogP contribution is 2.29. The largest absolute Gasteiger partial charge is 0.308 e. The second-order valence-electron chi connectivity index (χ2n) is 4.33. The molecule has 1 aliphatic rings. The molecule has 1 atom stereocenters. The molecule has 0 saturated heterocycles. The summed E-state index contributed by atoms with van der Waals surface area (Å²) in [6, 6.07) is 4.48. The van der Waals surface area contributed by atoms with Gasteiger partial charge in [-0.1, -0.05) is 11.6 Å². The quantitative estimate of drug-likeness (QED) is 0.862. The zero-order chi connectivity index (χ0) is 12.7. The van der Waals surface area contributed by atoms with Crippen LogP contribution in [0.3, 0.4) is 0 Å². The Morgan fingerprint density at radius 1 is 1.44 bits per heavy atom. The van der Waals surface area contributed by atoms with E-state index in [1.165, 1.54) is 12.1 Å². The molecule has 3 rings (SSSR count). The lowest BCUT2D eigenvalue weighted by molar-refractivity contribution is 0.439. The SMILES string of the molecule is CC1NCCn2c(-c3ccc(F)cc3Cl)nnc21. The van der Waals surface area contributed by atoms with Crippen molar-refractivity contribution in [1.82, 2.24) is 20.1 Å². The summed E-state index contributed by atoms with van der Waals surface area (Å²) < 4.78 is 15.1. The fourth-order valence-electron chi connectivity index (χ4n) is 2.21. The van der Waals surface area contributed by atoms with Crippen LogP contribution >= 0.6 is 11.6 Å². The third kappa shape index (κ3) is 1.79. The van der Waals surface area contributed by atoms with Crippen LogP contribution in [0.5, 0.6) is 0 Å². The lowest BCUT2D eigenvalue weighted by atomic mass is 10.2. The van der Waals surface area contributed by atoms with Crippen molar-refractivity contribution < 1.29 is 4.39 Å². The Kier molecular flexibility index (Phi) is 2.80. The van der Waals surface area contributed by atoms with Crippen LogP contribution in [0, 0.1) is 5.82 Å². The number of nitrogens with zero attached hydrogens (tertiary/aromatic N) is 3. The van der Waals surface area contributed by atoms with E-state index in [0.29, 0.717) is 16.4 Å². The van der Waals surface area contributed by atoms with Crippen LogP contribution in [0.1, 0.15) is 18.8 Å². The van der Waals surface area contributed by atoms with E-state index in [9.17, 15) is 4.39 Å². The van der Waals surface area contributed by atoms with Crippen molar-refractivity contribution in [3.63, 3.8) is 0 Å². The first kappa shape index (κ1) is 11.6. The normalized spacial score (nSPS) is 18.7. The highest BCUT2D eigenvalue weighted by Gasteiger charge is 2.23. The zero-order valence-corrected chi connectivity index (χ0v) is 10.6. The molecule has 6 heteroatoms. The average Bonchev–Trinajstić information content (AvgIpc) is 2.74. The summed E-state index contributed by atoms with van der Waals surface area (Å²) in [6.07, 6.45) is 0. The highest BCUT2D eigenvalue weighted by molar-refractivity contribution is 6.33. The molecule has 0 fully saturated rings. The number of rotatable bonds is 1. The minimum atomic E-state index is -0.350. The minimum Gasteiger partial charge on any atom is -0.308 e. The van der Waals surface area contributed by atoms with Crippen molar-refractivity contribution in [3.05, 3.63) is 34.9 Å². The van der Waals surface area contributed by atoms with Gasteiger partial charge in [0.25, 0.3) is 0 Å². The molecule has 0 aliphatic carbocycles. The maximum Gasteiger partial charge on any atom is 0.165 e. The summed E-state index contributed by atoms with van der Waals surface area (Å²) >= 11 is 6.06. The topological polar surface area (TPSA) is 42.7 Å². The van der Waals surface area contributed by atoms with Crippen molar-refractivity contribution in [2.75, 3.05) is 6.54 Å². The number of hydrogen-bond acceptors (Lipinski definition) is 3. The molecule has 2 heterocycles. The first-order valence-electron chi connectivity index (χ1n) is 5.78. The van der Waals surface area contributed by atoms with Crippen molar-refractivity contribution in [3.8, 4) is 11.4 Å². The average molecular weight is 267 g/mol. The fraction of sp³-hybridized carbons (Fsp3) is 0.333. The maximum absolute atomic E-state index is 13.1. The molecule has 1 aromatic carbocycles. The van der Waals surface area contributed by atoms with Gasteiger partial charge in [-0.3, -0.25) is 0 Å². The third-order valence-corrected chi connectivity index (χ3v) is 3.44. The van der Waals surface area contributed by atoms with Crippen LogP contribution in [-0.2, 0) is 6.54 Å². The van der Waals surface area contributed by atoms with E-state index < -0.39 is 0 Å². The summed E-state index contributed by atoms with van der Waals surface area (Å²) in [5, 5.41) is 12.0. The van der Waals surface area contributed by atoms with E-state index in [-0.39, 0.29) is 11.9 Å². The smallest absolute Gasteiger partial charge is 0.165 e. The van der Waals surface area contributed by atoms with Crippen molar-refractivity contribution in [1.29, 1.82) is 0 Å². The summed E-state index contributed by atoms with van der Waals surface area (Å²) in [6.45, 7) is 3.68. The Bertz CT molecular complexity index is 596. The molecular formula is C12H12ClFN4. The van der Waals surface area contributed by atoms with Gasteiger partial charge in [0, 0.05) is 18.7 Å². The second kappa shape index (κ2) is 4.33. The molecule has 1 unspecified atom stereocenters. The molecule has 2 aromatic rings. The standard InChI is InChI=1S/C12H12ClFN4/c1-7-11-16-17-12(18(11)5-4-15-7)9-3-2-8(14)6-10(9)13/h2-3,6-7,15H,4-5H2,1H3. The molecule has 0 bridgehead atoms. The van der Waals surface area contributed by atoms with Crippen molar-refractivity contribution >= 4 is 11.6 Å². The molecule has 0 radical (unpaired) electrons. The van der Waals surface area contributed by atoms with Gasteiger partial charge in [0.15, 0.2) is 5.82 Å². The van der Waals surface area contributed by atoms with E-state index in [1.54, 1.807) is 6.07 Å². The van der Waals surface area contributed by atoms with Gasteiger partial charge in [-0.15, -0.1) is 10.2 Å². The van der Waals surface area contributed by atoms with Crippen molar-refractivity contribution in [2.45, 2.75) is 19.5 Å². The van der Waals surface area contributed by atoms with Crippen molar-refractivity contribution in [2.24, 2.45) is 0 Å². The molecule has 0 saturated carbocycles. The summed E-state index contributed by atoms with van der Waals surface area (Å²) in [5.74, 6) is 1.23. The Labute approximate surface area is 109 Å². The number of hydrogen-bond donors (Lipinski definition) is 1. The van der Waals surface area contributed by atoms with Crippen LogP contribution < -0.4 is 5.32 Å². The third-order valence-electron chi connectivity index (χ3n) is 3.12. The first-order chi connectivity index (χ1) is 8.66. The van der Waals surface area contributed by atoms with Crippen LogP contribution in [0.15, 0.2) is 18.2 Å². The predicted molar refractivity (Wildman–Crippen MR) is 66.8 cm³/mol. The van der Waals surface area contributed by atoms with Gasteiger partial charge in [-0.2, -0.15) is 0 Å². The second-order valence-corrected chi connectivity index (χ2v) is 4.74. The van der Waals surface area contributed by atoms with Gasteiger partial charge < -0.3 is 9.88 Å². The molecule has 1 aromatic heterocycles. The molecule has 0 amide bonds.